The fourth-order valence-corrected chi connectivity index (χ4v) is 1.28. The Morgan fingerprint density at radius 3 is 2.50 bits per heavy atom. The van der Waals surface area contributed by atoms with Crippen molar-refractivity contribution in [2.45, 2.75) is 13.0 Å². The zero-order chi connectivity index (χ0) is 10.3. The number of aliphatic hydroxyl groups is 1. The first-order valence-corrected chi connectivity index (χ1v) is 4.15. The quantitative estimate of drug-likeness (QED) is 0.764. The monoisotopic (exact) mass is 198 g/mol. The third-order valence-electron chi connectivity index (χ3n) is 2.01. The van der Waals surface area contributed by atoms with Crippen molar-refractivity contribution in [3.63, 3.8) is 0 Å². The summed E-state index contributed by atoms with van der Waals surface area (Å²) in [6.45, 7) is 1.47. The van der Waals surface area contributed by atoms with Gasteiger partial charge in [0.2, 0.25) is 0 Å². The highest BCUT2D eigenvalue weighted by Gasteiger charge is 2.14. The highest BCUT2D eigenvalue weighted by atomic mass is 19.1. The lowest BCUT2D eigenvalue weighted by Gasteiger charge is -1.95. The summed E-state index contributed by atoms with van der Waals surface area (Å²) in [5.41, 5.74) is -0.152. The number of rotatable bonds is 1. The highest BCUT2D eigenvalue weighted by molar-refractivity contribution is 5.79. The molecular weight excluding hydrogens is 190 g/mol. The number of fused-ring (bicyclic) bond motifs is 1. The summed E-state index contributed by atoms with van der Waals surface area (Å²) >= 11 is 0. The molecule has 1 atom stereocenters. The van der Waals surface area contributed by atoms with E-state index < -0.39 is 17.7 Å². The Labute approximate surface area is 78.8 Å². The average Bonchev–Trinajstić information content (AvgIpc) is 2.57. The Balaban J connectivity index is 2.75. The first-order valence-electron chi connectivity index (χ1n) is 4.15. The minimum Gasteiger partial charge on any atom is -0.455 e. The SMILES string of the molecule is CC(O)c1cc2c(F)ccc(F)c2o1. The summed E-state index contributed by atoms with van der Waals surface area (Å²) < 4.78 is 31.2. The molecule has 2 aromatic rings. The molecule has 1 unspecified atom stereocenters. The fraction of sp³-hybridized carbons (Fsp3) is 0.200. The molecule has 0 aliphatic rings. The van der Waals surface area contributed by atoms with E-state index in [0.29, 0.717) is 0 Å². The molecule has 0 saturated heterocycles. The van der Waals surface area contributed by atoms with Crippen LogP contribution in [0.15, 0.2) is 22.6 Å². The third kappa shape index (κ3) is 1.28. The molecular formula is C10H8F2O2. The first kappa shape index (κ1) is 9.15. The van der Waals surface area contributed by atoms with E-state index in [0.717, 1.165) is 12.1 Å². The van der Waals surface area contributed by atoms with Gasteiger partial charge in [0.15, 0.2) is 11.4 Å². The van der Waals surface area contributed by atoms with Crippen LogP contribution in [-0.2, 0) is 0 Å². The lowest BCUT2D eigenvalue weighted by Crippen LogP contribution is -1.85. The second kappa shape index (κ2) is 3.06. The second-order valence-corrected chi connectivity index (χ2v) is 3.10. The van der Waals surface area contributed by atoms with Gasteiger partial charge in [-0.3, -0.25) is 0 Å². The Hall–Kier alpha value is -1.42. The van der Waals surface area contributed by atoms with Crippen LogP contribution in [0.3, 0.4) is 0 Å². The predicted octanol–water partition coefficient (Wildman–Crippen LogP) is 2.76. The lowest BCUT2D eigenvalue weighted by molar-refractivity contribution is 0.172. The van der Waals surface area contributed by atoms with Gasteiger partial charge in [0.05, 0.1) is 5.39 Å². The van der Waals surface area contributed by atoms with E-state index in [1.165, 1.54) is 13.0 Å². The Kier molecular flexibility index (Phi) is 2.00. The van der Waals surface area contributed by atoms with Crippen LogP contribution >= 0.6 is 0 Å². The van der Waals surface area contributed by atoms with E-state index >= 15 is 0 Å². The van der Waals surface area contributed by atoms with E-state index in [1.54, 1.807) is 0 Å². The van der Waals surface area contributed by atoms with Crippen molar-refractivity contribution in [3.8, 4) is 0 Å². The van der Waals surface area contributed by atoms with Crippen LogP contribution in [0.4, 0.5) is 8.78 Å². The van der Waals surface area contributed by atoms with Crippen LogP contribution in [0.5, 0.6) is 0 Å². The van der Waals surface area contributed by atoms with Gasteiger partial charge in [-0.2, -0.15) is 0 Å². The van der Waals surface area contributed by atoms with E-state index in [9.17, 15) is 8.78 Å². The average molecular weight is 198 g/mol. The van der Waals surface area contributed by atoms with Crippen LogP contribution in [0.1, 0.15) is 18.8 Å². The number of halogens is 2. The number of aliphatic hydroxyl groups excluding tert-OH is 1. The highest BCUT2D eigenvalue weighted by Crippen LogP contribution is 2.27. The summed E-state index contributed by atoms with van der Waals surface area (Å²) in [5.74, 6) is -1.03. The smallest absolute Gasteiger partial charge is 0.172 e. The summed E-state index contributed by atoms with van der Waals surface area (Å²) in [6.07, 6.45) is -0.874. The summed E-state index contributed by atoms with van der Waals surface area (Å²) in [4.78, 5) is 0. The molecule has 0 bridgehead atoms. The van der Waals surface area contributed by atoms with E-state index in [4.69, 9.17) is 9.52 Å². The van der Waals surface area contributed by atoms with Gasteiger partial charge in [0, 0.05) is 0 Å². The minimum absolute atomic E-state index is 0.0564. The van der Waals surface area contributed by atoms with E-state index in [1.807, 2.05) is 0 Å². The Bertz CT molecular complexity index is 435. The second-order valence-electron chi connectivity index (χ2n) is 3.10. The molecule has 0 fully saturated rings. The maximum atomic E-state index is 13.1. The molecule has 2 rings (SSSR count). The lowest BCUT2D eigenvalue weighted by atomic mass is 10.2. The molecule has 1 aromatic carbocycles. The van der Waals surface area contributed by atoms with Crippen LogP contribution in [0.2, 0.25) is 0 Å². The molecule has 2 nitrogen and oxygen atoms in total. The molecule has 14 heavy (non-hydrogen) atoms. The van der Waals surface area contributed by atoms with Crippen molar-refractivity contribution in [3.05, 3.63) is 35.6 Å². The third-order valence-corrected chi connectivity index (χ3v) is 2.01. The van der Waals surface area contributed by atoms with Crippen molar-refractivity contribution >= 4 is 11.0 Å². The van der Waals surface area contributed by atoms with Gasteiger partial charge in [-0.25, -0.2) is 8.78 Å². The van der Waals surface area contributed by atoms with Crippen molar-refractivity contribution < 1.29 is 18.3 Å². The Morgan fingerprint density at radius 2 is 1.93 bits per heavy atom. The van der Waals surface area contributed by atoms with Gasteiger partial charge < -0.3 is 9.52 Å². The Morgan fingerprint density at radius 1 is 1.29 bits per heavy atom. The standard InChI is InChI=1S/C10H8F2O2/c1-5(13)9-4-6-7(11)2-3-8(12)10(6)14-9/h2-5,13H,1H3. The minimum atomic E-state index is -0.874. The van der Waals surface area contributed by atoms with Crippen molar-refractivity contribution in [1.29, 1.82) is 0 Å². The summed E-state index contributed by atoms with van der Waals surface area (Å²) in [7, 11) is 0. The number of hydrogen-bond acceptors (Lipinski definition) is 2. The van der Waals surface area contributed by atoms with Crippen molar-refractivity contribution in [1.82, 2.24) is 0 Å². The van der Waals surface area contributed by atoms with Crippen LogP contribution in [0, 0.1) is 11.6 Å². The number of hydrogen-bond donors (Lipinski definition) is 1. The van der Waals surface area contributed by atoms with Gasteiger partial charge in [0.25, 0.3) is 0 Å². The topological polar surface area (TPSA) is 33.4 Å². The zero-order valence-electron chi connectivity index (χ0n) is 7.42. The van der Waals surface area contributed by atoms with Gasteiger partial charge in [0.1, 0.15) is 17.7 Å². The van der Waals surface area contributed by atoms with Gasteiger partial charge in [-0.15, -0.1) is 0 Å². The molecule has 1 aromatic heterocycles. The molecule has 0 spiro atoms. The fourth-order valence-electron chi connectivity index (χ4n) is 1.28. The van der Waals surface area contributed by atoms with Crippen LogP contribution in [-0.4, -0.2) is 5.11 Å². The van der Waals surface area contributed by atoms with Crippen LogP contribution < -0.4 is 0 Å². The summed E-state index contributed by atoms with van der Waals surface area (Å²) in [5, 5.41) is 9.22. The van der Waals surface area contributed by atoms with Gasteiger partial charge >= 0.3 is 0 Å². The maximum absolute atomic E-state index is 13.1. The molecule has 0 amide bonds. The van der Waals surface area contributed by atoms with Crippen molar-refractivity contribution in [2.24, 2.45) is 0 Å². The normalized spacial score (nSPS) is 13.4. The number of benzene rings is 1. The molecule has 4 heteroatoms. The van der Waals surface area contributed by atoms with Crippen LogP contribution in [0.25, 0.3) is 11.0 Å². The van der Waals surface area contributed by atoms with E-state index in [-0.39, 0.29) is 16.7 Å². The van der Waals surface area contributed by atoms with Crippen molar-refractivity contribution in [2.75, 3.05) is 0 Å². The molecule has 1 heterocycles. The predicted molar refractivity (Wildman–Crippen MR) is 46.8 cm³/mol. The molecule has 0 aliphatic heterocycles. The first-order chi connectivity index (χ1) is 6.59. The molecule has 0 radical (unpaired) electrons. The molecule has 74 valence electrons. The molecule has 0 saturated carbocycles. The van der Waals surface area contributed by atoms with Gasteiger partial charge in [-0.05, 0) is 25.1 Å². The maximum Gasteiger partial charge on any atom is 0.172 e. The van der Waals surface area contributed by atoms with Gasteiger partial charge in [-0.1, -0.05) is 0 Å². The summed E-state index contributed by atoms with van der Waals surface area (Å²) in [6, 6.07) is 3.32. The largest absolute Gasteiger partial charge is 0.455 e. The number of furan rings is 1. The van der Waals surface area contributed by atoms with E-state index in [2.05, 4.69) is 0 Å². The molecule has 1 N–H and O–H groups in total. The zero-order valence-corrected chi connectivity index (χ0v) is 7.42. The molecule has 0 aliphatic carbocycles.